The predicted molar refractivity (Wildman–Crippen MR) is 99.7 cm³/mol. The second kappa shape index (κ2) is 7.58. The van der Waals surface area contributed by atoms with Gasteiger partial charge < -0.3 is 14.8 Å². The van der Waals surface area contributed by atoms with E-state index in [9.17, 15) is 9.18 Å². The second-order valence-corrected chi connectivity index (χ2v) is 6.33. The number of nitrogens with zero attached hydrogens (tertiary/aromatic N) is 3. The first-order chi connectivity index (χ1) is 12.5. The fourth-order valence-electron chi connectivity index (χ4n) is 2.69. The molecule has 2 amide bonds. The molecule has 0 spiro atoms. The number of imidazole rings is 1. The van der Waals surface area contributed by atoms with Crippen LogP contribution in [0.4, 0.5) is 14.9 Å². The summed E-state index contributed by atoms with van der Waals surface area (Å²) in [6.07, 6.45) is 3.51. The minimum absolute atomic E-state index is 0.334. The molecule has 134 valence electrons. The number of anilines is 1. The van der Waals surface area contributed by atoms with Gasteiger partial charge in [-0.3, -0.25) is 0 Å². The van der Waals surface area contributed by atoms with Crippen molar-refractivity contribution in [3.05, 3.63) is 83.2 Å². The van der Waals surface area contributed by atoms with Gasteiger partial charge >= 0.3 is 6.03 Å². The van der Waals surface area contributed by atoms with Gasteiger partial charge in [-0.15, -0.1) is 0 Å². The number of halogens is 2. The number of aryl methyl sites for hydroxylation is 1. The van der Waals surface area contributed by atoms with Crippen LogP contribution in [0.1, 0.15) is 17.4 Å². The maximum absolute atomic E-state index is 13.1. The average Bonchev–Trinajstić information content (AvgIpc) is 3.04. The van der Waals surface area contributed by atoms with Gasteiger partial charge in [0.1, 0.15) is 17.7 Å². The van der Waals surface area contributed by atoms with Gasteiger partial charge in [-0.05, 0) is 42.0 Å². The zero-order valence-electron chi connectivity index (χ0n) is 14.4. The Kier molecular flexibility index (Phi) is 5.23. The molecule has 0 unspecified atom stereocenters. The summed E-state index contributed by atoms with van der Waals surface area (Å²) in [7, 11) is 3.56. The van der Waals surface area contributed by atoms with E-state index in [1.54, 1.807) is 30.3 Å². The third-order valence-corrected chi connectivity index (χ3v) is 4.34. The van der Waals surface area contributed by atoms with E-state index < -0.39 is 6.04 Å². The van der Waals surface area contributed by atoms with Crippen LogP contribution in [0.5, 0.6) is 0 Å². The Morgan fingerprint density at radius 2 is 1.85 bits per heavy atom. The van der Waals surface area contributed by atoms with Gasteiger partial charge in [-0.1, -0.05) is 23.7 Å². The highest BCUT2D eigenvalue weighted by atomic mass is 35.5. The van der Waals surface area contributed by atoms with Crippen molar-refractivity contribution < 1.29 is 9.18 Å². The first-order valence-electron chi connectivity index (χ1n) is 7.98. The largest absolute Gasteiger partial charge is 0.336 e. The lowest BCUT2D eigenvalue weighted by Crippen LogP contribution is -2.36. The molecule has 0 radical (unpaired) electrons. The molecule has 0 bridgehead atoms. The van der Waals surface area contributed by atoms with Gasteiger partial charge in [0.2, 0.25) is 0 Å². The van der Waals surface area contributed by atoms with Crippen LogP contribution in [-0.2, 0) is 7.05 Å². The Bertz CT molecular complexity index is 893. The molecule has 1 heterocycles. The number of urea groups is 1. The highest BCUT2D eigenvalue weighted by molar-refractivity contribution is 6.30. The summed E-state index contributed by atoms with van der Waals surface area (Å²) in [6, 6.07) is 12.2. The van der Waals surface area contributed by atoms with E-state index >= 15 is 0 Å². The Morgan fingerprint density at radius 1 is 1.19 bits per heavy atom. The lowest BCUT2D eigenvalue weighted by Gasteiger charge is -2.28. The molecule has 2 aromatic carbocycles. The van der Waals surface area contributed by atoms with Gasteiger partial charge in [0.15, 0.2) is 0 Å². The van der Waals surface area contributed by atoms with Crippen LogP contribution in [0, 0.1) is 5.82 Å². The molecular weight excluding hydrogens is 355 g/mol. The summed E-state index contributed by atoms with van der Waals surface area (Å²) in [5, 5.41) is 3.39. The fourth-order valence-corrected chi connectivity index (χ4v) is 2.82. The highest BCUT2D eigenvalue weighted by Gasteiger charge is 2.26. The Labute approximate surface area is 156 Å². The molecule has 7 heteroatoms. The topological polar surface area (TPSA) is 50.2 Å². The molecule has 0 aliphatic heterocycles. The van der Waals surface area contributed by atoms with Crippen LogP contribution in [0.3, 0.4) is 0 Å². The van der Waals surface area contributed by atoms with Crippen molar-refractivity contribution >= 4 is 23.3 Å². The van der Waals surface area contributed by atoms with Crippen LogP contribution in [0.2, 0.25) is 5.02 Å². The number of carbonyl (C=O) groups is 1. The average molecular weight is 373 g/mol. The van der Waals surface area contributed by atoms with Gasteiger partial charge in [-0.2, -0.15) is 0 Å². The van der Waals surface area contributed by atoms with Crippen molar-refractivity contribution in [1.82, 2.24) is 14.5 Å². The number of hydrogen-bond donors (Lipinski definition) is 1. The molecule has 3 aromatic rings. The molecule has 0 saturated carbocycles. The van der Waals surface area contributed by atoms with E-state index in [1.807, 2.05) is 29.9 Å². The molecular formula is C19H18ClFN4O. The lowest BCUT2D eigenvalue weighted by molar-refractivity contribution is 0.209. The van der Waals surface area contributed by atoms with E-state index in [-0.39, 0.29) is 11.8 Å². The van der Waals surface area contributed by atoms with Gasteiger partial charge in [-0.25, -0.2) is 14.2 Å². The molecule has 3 rings (SSSR count). The van der Waals surface area contributed by atoms with Crippen molar-refractivity contribution in [2.45, 2.75) is 6.04 Å². The van der Waals surface area contributed by atoms with E-state index in [2.05, 4.69) is 10.3 Å². The summed E-state index contributed by atoms with van der Waals surface area (Å²) in [6.45, 7) is 0. The fraction of sp³-hybridized carbons (Fsp3) is 0.158. The number of carbonyl (C=O) groups excluding carboxylic acids is 1. The van der Waals surface area contributed by atoms with E-state index in [0.29, 0.717) is 16.5 Å². The van der Waals surface area contributed by atoms with E-state index in [0.717, 1.165) is 5.56 Å². The number of hydrogen-bond acceptors (Lipinski definition) is 2. The number of amides is 2. The molecule has 1 aromatic heterocycles. The SMILES string of the molecule is CN(C(=O)Nc1ccc(F)cc1)[C@@H](c1ccc(Cl)cc1)c1nccn1C. The molecule has 0 aliphatic rings. The third kappa shape index (κ3) is 3.86. The van der Waals surface area contributed by atoms with Crippen molar-refractivity contribution in [2.75, 3.05) is 12.4 Å². The van der Waals surface area contributed by atoms with Crippen LogP contribution in [0.15, 0.2) is 60.9 Å². The van der Waals surface area contributed by atoms with Gasteiger partial charge in [0.05, 0.1) is 0 Å². The number of nitrogens with one attached hydrogen (secondary N) is 1. The molecule has 1 N–H and O–H groups in total. The molecule has 0 aliphatic carbocycles. The Balaban J connectivity index is 1.90. The summed E-state index contributed by atoms with van der Waals surface area (Å²) >= 11 is 5.99. The molecule has 0 fully saturated rings. The first kappa shape index (κ1) is 17.9. The standard InChI is InChI=1S/C19H18ClFN4O/c1-24-12-11-22-18(24)17(13-3-5-14(20)6-4-13)25(2)19(26)23-16-9-7-15(21)8-10-16/h3-12,17H,1-2H3,(H,23,26)/t17-/m0/s1. The second-order valence-electron chi connectivity index (χ2n) is 5.90. The van der Waals surface area contributed by atoms with Crippen LogP contribution in [-0.4, -0.2) is 27.5 Å². The summed E-state index contributed by atoms with van der Waals surface area (Å²) in [4.78, 5) is 18.7. The lowest BCUT2D eigenvalue weighted by atomic mass is 10.1. The quantitative estimate of drug-likeness (QED) is 0.734. The number of benzene rings is 2. The summed E-state index contributed by atoms with van der Waals surface area (Å²) < 4.78 is 14.9. The maximum Gasteiger partial charge on any atom is 0.322 e. The number of aromatic nitrogens is 2. The monoisotopic (exact) mass is 372 g/mol. The van der Waals surface area contributed by atoms with E-state index in [1.165, 1.54) is 24.3 Å². The summed E-state index contributed by atoms with van der Waals surface area (Å²) in [5.74, 6) is 0.354. The third-order valence-electron chi connectivity index (χ3n) is 4.09. The van der Waals surface area contributed by atoms with Gasteiger partial charge in [0, 0.05) is 37.2 Å². The van der Waals surface area contributed by atoms with Crippen molar-refractivity contribution in [3.63, 3.8) is 0 Å². The molecule has 1 atom stereocenters. The smallest absolute Gasteiger partial charge is 0.322 e. The normalized spacial score (nSPS) is 11.8. The van der Waals surface area contributed by atoms with Crippen LogP contribution in [0.25, 0.3) is 0 Å². The first-order valence-corrected chi connectivity index (χ1v) is 8.35. The van der Waals surface area contributed by atoms with E-state index in [4.69, 9.17) is 11.6 Å². The summed E-state index contributed by atoms with van der Waals surface area (Å²) in [5.41, 5.74) is 1.39. The minimum atomic E-state index is -0.410. The van der Waals surface area contributed by atoms with Crippen molar-refractivity contribution in [2.24, 2.45) is 7.05 Å². The van der Waals surface area contributed by atoms with Crippen LogP contribution >= 0.6 is 11.6 Å². The number of rotatable bonds is 4. The minimum Gasteiger partial charge on any atom is -0.336 e. The predicted octanol–water partition coefficient (Wildman–Crippen LogP) is 4.47. The highest BCUT2D eigenvalue weighted by Crippen LogP contribution is 2.28. The molecule has 0 saturated heterocycles. The van der Waals surface area contributed by atoms with Crippen molar-refractivity contribution in [3.8, 4) is 0 Å². The maximum atomic E-state index is 13.1. The van der Waals surface area contributed by atoms with Crippen LogP contribution < -0.4 is 5.32 Å². The van der Waals surface area contributed by atoms with Gasteiger partial charge in [0.25, 0.3) is 0 Å². The zero-order valence-corrected chi connectivity index (χ0v) is 15.1. The molecule has 5 nitrogen and oxygen atoms in total. The Morgan fingerprint density at radius 3 is 2.42 bits per heavy atom. The molecule has 26 heavy (non-hydrogen) atoms. The zero-order chi connectivity index (χ0) is 18.7. The Hall–Kier alpha value is -2.86. The van der Waals surface area contributed by atoms with Crippen molar-refractivity contribution in [1.29, 1.82) is 0 Å².